The highest BCUT2D eigenvalue weighted by Crippen LogP contribution is 2.45. The van der Waals surface area contributed by atoms with Crippen LogP contribution in [0.1, 0.15) is 28.8 Å². The number of aromatic nitrogens is 3. The SMILES string of the molecule is O=C1C(=O)N(CCCn2ccnc2)C(c2cccs2)C1c1c[nH]c2ccccc12. The Labute approximate surface area is 171 Å². The lowest BCUT2D eigenvalue weighted by molar-refractivity contribution is -0.140. The van der Waals surface area contributed by atoms with E-state index in [2.05, 4.69) is 9.97 Å². The molecule has 0 radical (unpaired) electrons. The van der Waals surface area contributed by atoms with E-state index >= 15 is 0 Å². The molecule has 7 heteroatoms. The lowest BCUT2D eigenvalue weighted by atomic mass is 9.89. The minimum atomic E-state index is -0.495. The molecular formula is C22H20N4O2S. The normalized spacial score (nSPS) is 19.5. The molecule has 6 nitrogen and oxygen atoms in total. The van der Waals surface area contributed by atoms with Crippen LogP contribution in [0.4, 0.5) is 0 Å². The number of fused-ring (bicyclic) bond motifs is 1. The number of benzene rings is 1. The number of rotatable bonds is 6. The molecule has 0 bridgehead atoms. The van der Waals surface area contributed by atoms with Gasteiger partial charge < -0.3 is 14.5 Å². The van der Waals surface area contributed by atoms with Crippen molar-refractivity contribution in [3.63, 3.8) is 0 Å². The van der Waals surface area contributed by atoms with Gasteiger partial charge in [0.15, 0.2) is 0 Å². The van der Waals surface area contributed by atoms with Gasteiger partial charge in [-0.2, -0.15) is 0 Å². The number of hydrogen-bond donors (Lipinski definition) is 1. The zero-order chi connectivity index (χ0) is 19.8. The van der Waals surface area contributed by atoms with E-state index in [0.29, 0.717) is 6.54 Å². The maximum Gasteiger partial charge on any atom is 0.291 e. The molecule has 1 saturated heterocycles. The van der Waals surface area contributed by atoms with E-state index < -0.39 is 5.92 Å². The quantitative estimate of drug-likeness (QED) is 0.498. The van der Waals surface area contributed by atoms with Gasteiger partial charge in [0, 0.05) is 47.5 Å². The summed E-state index contributed by atoms with van der Waals surface area (Å²) in [5.74, 6) is -1.20. The molecule has 1 N–H and O–H groups in total. The van der Waals surface area contributed by atoms with Gasteiger partial charge in [0.1, 0.15) is 0 Å². The van der Waals surface area contributed by atoms with Crippen LogP contribution in [0.3, 0.4) is 0 Å². The predicted octanol–water partition coefficient (Wildman–Crippen LogP) is 3.75. The second-order valence-electron chi connectivity index (χ2n) is 7.24. The third-order valence-corrected chi connectivity index (χ3v) is 6.51. The summed E-state index contributed by atoms with van der Waals surface area (Å²) in [5, 5.41) is 3.00. The number of nitrogens with one attached hydrogen (secondary N) is 1. The van der Waals surface area contributed by atoms with Crippen molar-refractivity contribution in [3.05, 3.63) is 77.1 Å². The zero-order valence-corrected chi connectivity index (χ0v) is 16.5. The van der Waals surface area contributed by atoms with Crippen molar-refractivity contribution in [1.29, 1.82) is 0 Å². The number of H-pyrrole nitrogens is 1. The van der Waals surface area contributed by atoms with E-state index in [-0.39, 0.29) is 17.7 Å². The number of aromatic amines is 1. The molecule has 3 aromatic heterocycles. The predicted molar refractivity (Wildman–Crippen MR) is 112 cm³/mol. The first-order chi connectivity index (χ1) is 14.2. The average Bonchev–Trinajstić information content (AvgIpc) is 3.52. The van der Waals surface area contributed by atoms with Crippen LogP contribution in [-0.4, -0.2) is 37.7 Å². The molecule has 29 heavy (non-hydrogen) atoms. The standard InChI is InChI=1S/C22H20N4O2S/c27-21-19(16-13-24-17-6-2-1-5-15(16)17)20(18-7-3-12-29-18)26(22(21)28)10-4-9-25-11-8-23-14-25/h1-3,5-8,11-14,19-20,24H,4,9-10H2. The van der Waals surface area contributed by atoms with Gasteiger partial charge in [-0.1, -0.05) is 24.3 Å². The van der Waals surface area contributed by atoms with Crippen LogP contribution in [0.15, 0.2) is 66.7 Å². The minimum absolute atomic E-state index is 0.267. The van der Waals surface area contributed by atoms with E-state index in [1.807, 2.05) is 58.7 Å². The summed E-state index contributed by atoms with van der Waals surface area (Å²) in [5.41, 5.74) is 1.88. The number of amides is 1. The highest BCUT2D eigenvalue weighted by atomic mass is 32.1. The highest BCUT2D eigenvalue weighted by Gasteiger charge is 2.49. The largest absolute Gasteiger partial charge is 0.361 e. The second-order valence-corrected chi connectivity index (χ2v) is 8.22. The van der Waals surface area contributed by atoms with Gasteiger partial charge in [-0.05, 0) is 29.5 Å². The Hall–Kier alpha value is -3.19. The number of likely N-dealkylation sites (tertiary alicyclic amines) is 1. The van der Waals surface area contributed by atoms with E-state index in [1.165, 1.54) is 0 Å². The van der Waals surface area contributed by atoms with Crippen molar-refractivity contribution in [2.45, 2.75) is 24.9 Å². The number of thiophene rings is 1. The fraction of sp³-hybridized carbons (Fsp3) is 0.227. The Kier molecular flexibility index (Phi) is 4.52. The van der Waals surface area contributed by atoms with Gasteiger partial charge in [0.05, 0.1) is 18.3 Å². The molecule has 1 aliphatic rings. The number of ketones is 1. The van der Waals surface area contributed by atoms with Crippen LogP contribution in [0.25, 0.3) is 10.9 Å². The maximum atomic E-state index is 13.1. The van der Waals surface area contributed by atoms with Crippen molar-refractivity contribution in [2.24, 2.45) is 0 Å². The van der Waals surface area contributed by atoms with Crippen LogP contribution in [0, 0.1) is 0 Å². The van der Waals surface area contributed by atoms with Crippen molar-refractivity contribution >= 4 is 33.9 Å². The fourth-order valence-corrected chi connectivity index (χ4v) is 5.12. The Morgan fingerprint density at radius 2 is 2.00 bits per heavy atom. The summed E-state index contributed by atoms with van der Waals surface area (Å²) >= 11 is 1.59. The molecule has 0 saturated carbocycles. The first-order valence-electron chi connectivity index (χ1n) is 9.64. The molecular weight excluding hydrogens is 384 g/mol. The van der Waals surface area contributed by atoms with Gasteiger partial charge in [0.25, 0.3) is 5.91 Å². The Morgan fingerprint density at radius 3 is 2.79 bits per heavy atom. The number of para-hydroxylation sites is 1. The average molecular weight is 404 g/mol. The first-order valence-corrected chi connectivity index (χ1v) is 10.5. The van der Waals surface area contributed by atoms with Crippen LogP contribution in [0.2, 0.25) is 0 Å². The number of carbonyl (C=O) groups excluding carboxylic acids is 2. The number of nitrogens with zero attached hydrogens (tertiary/aromatic N) is 3. The summed E-state index contributed by atoms with van der Waals surface area (Å²) in [6.45, 7) is 1.29. The van der Waals surface area contributed by atoms with Gasteiger partial charge in [-0.15, -0.1) is 11.3 Å². The van der Waals surface area contributed by atoms with Gasteiger partial charge in [0.2, 0.25) is 5.78 Å². The third-order valence-electron chi connectivity index (χ3n) is 5.57. The van der Waals surface area contributed by atoms with Gasteiger partial charge >= 0.3 is 0 Å². The molecule has 4 heterocycles. The van der Waals surface area contributed by atoms with Crippen molar-refractivity contribution in [1.82, 2.24) is 19.4 Å². The Morgan fingerprint density at radius 1 is 1.10 bits per heavy atom. The number of Topliss-reactive ketones (excluding diaryl/α,β-unsaturated/α-hetero) is 1. The Bertz CT molecular complexity index is 1150. The molecule has 5 rings (SSSR count). The smallest absolute Gasteiger partial charge is 0.291 e. The van der Waals surface area contributed by atoms with Crippen LogP contribution in [-0.2, 0) is 16.1 Å². The second kappa shape index (κ2) is 7.33. The lowest BCUT2D eigenvalue weighted by Gasteiger charge is -2.26. The van der Waals surface area contributed by atoms with Crippen LogP contribution >= 0.6 is 11.3 Å². The molecule has 1 fully saturated rings. The monoisotopic (exact) mass is 404 g/mol. The topological polar surface area (TPSA) is 71.0 Å². The molecule has 146 valence electrons. The maximum absolute atomic E-state index is 13.1. The third kappa shape index (κ3) is 3.07. The van der Waals surface area contributed by atoms with Crippen LogP contribution in [0.5, 0.6) is 0 Å². The van der Waals surface area contributed by atoms with Crippen molar-refractivity contribution < 1.29 is 9.59 Å². The summed E-state index contributed by atoms with van der Waals surface area (Å²) in [6, 6.07) is 11.6. The van der Waals surface area contributed by atoms with Crippen molar-refractivity contribution in [3.8, 4) is 0 Å². The molecule has 1 aliphatic heterocycles. The molecule has 4 aromatic rings. The minimum Gasteiger partial charge on any atom is -0.361 e. The van der Waals surface area contributed by atoms with Crippen molar-refractivity contribution in [2.75, 3.05) is 6.54 Å². The first kappa shape index (κ1) is 17.9. The fourth-order valence-electron chi connectivity index (χ4n) is 4.25. The van der Waals surface area contributed by atoms with Gasteiger partial charge in [-0.25, -0.2) is 4.98 Å². The number of hydrogen-bond acceptors (Lipinski definition) is 4. The van der Waals surface area contributed by atoms with Crippen LogP contribution < -0.4 is 0 Å². The number of aryl methyl sites for hydroxylation is 1. The zero-order valence-electron chi connectivity index (χ0n) is 15.7. The highest BCUT2D eigenvalue weighted by molar-refractivity contribution is 7.10. The molecule has 0 aliphatic carbocycles. The number of carbonyl (C=O) groups is 2. The lowest BCUT2D eigenvalue weighted by Crippen LogP contribution is -2.31. The summed E-state index contributed by atoms with van der Waals surface area (Å²) in [4.78, 5) is 36.3. The molecule has 1 amide bonds. The van der Waals surface area contributed by atoms with E-state index in [9.17, 15) is 9.59 Å². The summed E-state index contributed by atoms with van der Waals surface area (Å²) in [6.07, 6.45) is 8.06. The molecule has 2 unspecified atom stereocenters. The summed E-state index contributed by atoms with van der Waals surface area (Å²) in [7, 11) is 0. The Balaban J connectivity index is 1.50. The molecule has 0 spiro atoms. The van der Waals surface area contributed by atoms with E-state index in [4.69, 9.17) is 0 Å². The molecule has 2 atom stereocenters. The van der Waals surface area contributed by atoms with E-state index in [0.717, 1.165) is 34.3 Å². The summed E-state index contributed by atoms with van der Waals surface area (Å²) < 4.78 is 1.99. The molecule has 1 aromatic carbocycles. The van der Waals surface area contributed by atoms with Gasteiger partial charge in [-0.3, -0.25) is 9.59 Å². The van der Waals surface area contributed by atoms with E-state index in [1.54, 1.807) is 28.8 Å². The number of imidazole rings is 1.